The highest BCUT2D eigenvalue weighted by Gasteiger charge is 2.45. The zero-order valence-electron chi connectivity index (χ0n) is 27.0. The number of fused-ring (bicyclic) bond motifs is 2. The lowest BCUT2D eigenvalue weighted by atomic mass is 9.90. The van der Waals surface area contributed by atoms with Crippen molar-refractivity contribution >= 4 is 34.2 Å². The highest BCUT2D eigenvalue weighted by atomic mass is 16.7. The van der Waals surface area contributed by atoms with Crippen molar-refractivity contribution in [1.82, 2.24) is 9.47 Å². The molecule has 10 nitrogen and oxygen atoms in total. The first-order chi connectivity index (χ1) is 22.1. The van der Waals surface area contributed by atoms with Gasteiger partial charge in [0.25, 0.3) is 5.56 Å². The first kappa shape index (κ1) is 31.2. The van der Waals surface area contributed by atoms with E-state index >= 15 is 0 Å². The number of rotatable bonds is 10. The molecule has 6 rings (SSSR count). The van der Waals surface area contributed by atoms with Crippen molar-refractivity contribution < 1.29 is 23.5 Å². The molecule has 2 aliphatic rings. The predicted molar refractivity (Wildman–Crippen MR) is 176 cm³/mol. The van der Waals surface area contributed by atoms with Crippen molar-refractivity contribution in [1.29, 1.82) is 0 Å². The summed E-state index contributed by atoms with van der Waals surface area (Å²) in [4.78, 5) is 45.9. The molecule has 0 saturated carbocycles. The van der Waals surface area contributed by atoms with Crippen LogP contribution in [0.4, 0.5) is 11.4 Å². The number of benzene rings is 2. The molecule has 2 aromatic heterocycles. The number of hydrogen-bond acceptors (Lipinski definition) is 7. The summed E-state index contributed by atoms with van der Waals surface area (Å²) in [7, 11) is 1.73. The third-order valence-corrected chi connectivity index (χ3v) is 8.96. The van der Waals surface area contributed by atoms with Crippen molar-refractivity contribution in [3.05, 3.63) is 106 Å². The van der Waals surface area contributed by atoms with E-state index in [0.717, 1.165) is 11.1 Å². The van der Waals surface area contributed by atoms with Gasteiger partial charge < -0.3 is 28.3 Å². The summed E-state index contributed by atoms with van der Waals surface area (Å²) in [6.07, 6.45) is 4.09. The number of carbonyl (C=O) groups excluding carboxylic acids is 2. The minimum Gasteiger partial charge on any atom is -0.462 e. The van der Waals surface area contributed by atoms with E-state index in [-0.39, 0.29) is 30.2 Å². The second-order valence-corrected chi connectivity index (χ2v) is 12.4. The molecule has 0 bridgehead atoms. The molecule has 0 radical (unpaired) electrons. The van der Waals surface area contributed by atoms with Crippen LogP contribution < -0.4 is 15.4 Å². The van der Waals surface area contributed by atoms with Gasteiger partial charge in [0.15, 0.2) is 5.76 Å². The molecule has 240 valence electrons. The third-order valence-electron chi connectivity index (χ3n) is 8.96. The fourth-order valence-electron chi connectivity index (χ4n) is 6.41. The summed E-state index contributed by atoms with van der Waals surface area (Å²) in [5.41, 5.74) is 2.75. The standard InChI is InChI=1S/C36H40N4O6/c1-6-40-28-13-12-26(20-29(28)37(5)34(42)36(3,4)35(40)43)21-39(17-16-38-15-14-31-27(33(38)41)18-24(2)46-31)30(32-22-44-23-45-32)19-25-10-8-7-9-11-25/h7-15,18,20,22,30H,6,16-17,19,21,23H2,1-5H3. The molecule has 0 aliphatic carbocycles. The smallest absolute Gasteiger partial charge is 0.261 e. The van der Waals surface area contributed by atoms with Gasteiger partial charge in [-0.15, -0.1) is 0 Å². The molecule has 1 atom stereocenters. The second-order valence-electron chi connectivity index (χ2n) is 12.4. The number of nitrogens with zero attached hydrogens (tertiary/aromatic N) is 4. The Morgan fingerprint density at radius 1 is 0.957 bits per heavy atom. The summed E-state index contributed by atoms with van der Waals surface area (Å²) < 4.78 is 18.9. The monoisotopic (exact) mass is 624 g/mol. The third kappa shape index (κ3) is 5.80. The van der Waals surface area contributed by atoms with E-state index in [1.165, 1.54) is 0 Å². The Balaban J connectivity index is 1.38. The minimum absolute atomic E-state index is 0.106. The van der Waals surface area contributed by atoms with Crippen LogP contribution in [0.1, 0.15) is 37.7 Å². The van der Waals surface area contributed by atoms with Crippen LogP contribution in [0.15, 0.2) is 88.1 Å². The van der Waals surface area contributed by atoms with Crippen LogP contribution in [0.25, 0.3) is 11.0 Å². The van der Waals surface area contributed by atoms with Gasteiger partial charge in [0.05, 0.1) is 22.8 Å². The molecule has 0 fully saturated rings. The molecule has 0 N–H and O–H groups in total. The van der Waals surface area contributed by atoms with E-state index in [0.29, 0.717) is 66.5 Å². The van der Waals surface area contributed by atoms with Crippen molar-refractivity contribution in [3.8, 4) is 0 Å². The molecule has 1 unspecified atom stereocenters. The average molecular weight is 625 g/mol. The lowest BCUT2D eigenvalue weighted by Gasteiger charge is -2.32. The van der Waals surface area contributed by atoms with E-state index in [1.54, 1.807) is 53.8 Å². The van der Waals surface area contributed by atoms with Crippen LogP contribution in [0.3, 0.4) is 0 Å². The molecule has 2 aromatic carbocycles. The van der Waals surface area contributed by atoms with Gasteiger partial charge in [-0.2, -0.15) is 0 Å². The van der Waals surface area contributed by atoms with E-state index in [1.807, 2.05) is 56.3 Å². The Bertz CT molecular complexity index is 1860. The lowest BCUT2D eigenvalue weighted by molar-refractivity contribution is -0.137. The van der Waals surface area contributed by atoms with Crippen molar-refractivity contribution in [3.63, 3.8) is 0 Å². The molecule has 2 amide bonds. The number of carbonyl (C=O) groups is 2. The number of aromatic nitrogens is 1. The number of anilines is 2. The van der Waals surface area contributed by atoms with Crippen LogP contribution >= 0.6 is 0 Å². The maximum atomic E-state index is 13.5. The zero-order chi connectivity index (χ0) is 32.6. The number of furan rings is 1. The highest BCUT2D eigenvalue weighted by Crippen LogP contribution is 2.39. The van der Waals surface area contributed by atoms with Crippen LogP contribution in [0, 0.1) is 12.3 Å². The summed E-state index contributed by atoms with van der Waals surface area (Å²) in [5.74, 6) is 0.932. The van der Waals surface area contributed by atoms with Crippen LogP contribution in [-0.4, -0.2) is 54.3 Å². The van der Waals surface area contributed by atoms with Gasteiger partial charge in [0, 0.05) is 39.4 Å². The van der Waals surface area contributed by atoms with Crippen molar-refractivity contribution in [2.75, 3.05) is 36.7 Å². The molecular weight excluding hydrogens is 584 g/mol. The Labute approximate surface area is 268 Å². The van der Waals surface area contributed by atoms with E-state index in [9.17, 15) is 14.4 Å². The number of amides is 2. The molecule has 2 aliphatic heterocycles. The number of pyridine rings is 1. The number of hydrogen-bond donors (Lipinski definition) is 0. The molecular formula is C36H40N4O6. The minimum atomic E-state index is -1.19. The summed E-state index contributed by atoms with van der Waals surface area (Å²) in [5, 5.41) is 0.555. The Morgan fingerprint density at radius 2 is 1.74 bits per heavy atom. The van der Waals surface area contributed by atoms with Crippen LogP contribution in [0.5, 0.6) is 0 Å². The Morgan fingerprint density at radius 3 is 2.46 bits per heavy atom. The molecule has 4 heterocycles. The molecule has 46 heavy (non-hydrogen) atoms. The molecule has 0 spiro atoms. The number of ether oxygens (including phenoxy) is 2. The van der Waals surface area contributed by atoms with Gasteiger partial charge >= 0.3 is 0 Å². The van der Waals surface area contributed by atoms with E-state index in [2.05, 4.69) is 17.0 Å². The topological polar surface area (TPSA) is 97.5 Å². The average Bonchev–Trinajstić information content (AvgIpc) is 3.72. The molecule has 10 heteroatoms. The van der Waals surface area contributed by atoms with Crippen LogP contribution in [-0.2, 0) is 38.6 Å². The van der Waals surface area contributed by atoms with Gasteiger partial charge in [0.2, 0.25) is 18.6 Å². The fraction of sp³-hybridized carbons (Fsp3) is 0.361. The molecule has 0 saturated heterocycles. The summed E-state index contributed by atoms with van der Waals surface area (Å²) in [6.45, 7) is 9.13. The Hall–Kier alpha value is -4.83. The zero-order valence-corrected chi connectivity index (χ0v) is 27.0. The van der Waals surface area contributed by atoms with Gasteiger partial charge in [-0.1, -0.05) is 36.4 Å². The fourth-order valence-corrected chi connectivity index (χ4v) is 6.41. The highest BCUT2D eigenvalue weighted by molar-refractivity contribution is 6.19. The first-order valence-corrected chi connectivity index (χ1v) is 15.6. The van der Waals surface area contributed by atoms with Crippen molar-refractivity contribution in [2.24, 2.45) is 5.41 Å². The van der Waals surface area contributed by atoms with E-state index in [4.69, 9.17) is 13.9 Å². The number of aryl methyl sites for hydroxylation is 1. The van der Waals surface area contributed by atoms with Crippen molar-refractivity contribution in [2.45, 2.75) is 53.2 Å². The maximum absolute atomic E-state index is 13.5. The first-order valence-electron chi connectivity index (χ1n) is 15.6. The van der Waals surface area contributed by atoms with Gasteiger partial charge in [-0.25, -0.2) is 0 Å². The van der Waals surface area contributed by atoms with Gasteiger partial charge in [-0.3, -0.25) is 19.3 Å². The summed E-state index contributed by atoms with van der Waals surface area (Å²) in [6, 6.07) is 19.5. The predicted octanol–water partition coefficient (Wildman–Crippen LogP) is 5.22. The van der Waals surface area contributed by atoms with Crippen LogP contribution in [0.2, 0.25) is 0 Å². The summed E-state index contributed by atoms with van der Waals surface area (Å²) >= 11 is 0. The Kier molecular flexibility index (Phi) is 8.48. The second kappa shape index (κ2) is 12.5. The lowest BCUT2D eigenvalue weighted by Crippen LogP contribution is -2.47. The quantitative estimate of drug-likeness (QED) is 0.223. The van der Waals surface area contributed by atoms with Gasteiger partial charge in [0.1, 0.15) is 23.0 Å². The van der Waals surface area contributed by atoms with Gasteiger partial charge in [-0.05, 0) is 69.5 Å². The normalized spacial score (nSPS) is 16.7. The van der Waals surface area contributed by atoms with E-state index < -0.39 is 5.41 Å². The maximum Gasteiger partial charge on any atom is 0.261 e. The largest absolute Gasteiger partial charge is 0.462 e. The molecule has 4 aromatic rings. The SMILES string of the molecule is CCN1C(=O)C(C)(C)C(=O)N(C)c2cc(CN(CCn3ccc4oc(C)cc4c3=O)C(Cc3ccccc3)C3=COCO3)ccc21.